The van der Waals surface area contributed by atoms with Crippen molar-refractivity contribution in [1.29, 1.82) is 0 Å². The number of aliphatic hydroxyl groups excluding tert-OH is 1. The number of carbonyl (C=O) groups excluding carboxylic acids is 1. The van der Waals surface area contributed by atoms with Crippen molar-refractivity contribution in [3.05, 3.63) is 77.4 Å². The van der Waals surface area contributed by atoms with E-state index in [-0.39, 0.29) is 5.78 Å². The van der Waals surface area contributed by atoms with Gasteiger partial charge in [0.15, 0.2) is 5.78 Å². The molecule has 114 valence electrons. The number of benzene rings is 2. The number of ketones is 1. The van der Waals surface area contributed by atoms with Crippen LogP contribution in [0.5, 0.6) is 0 Å². The summed E-state index contributed by atoms with van der Waals surface area (Å²) < 4.78 is 0. The molecule has 2 aromatic carbocycles. The summed E-state index contributed by atoms with van der Waals surface area (Å²) in [5.41, 5.74) is 1.51. The molecule has 0 aromatic heterocycles. The lowest BCUT2D eigenvalue weighted by molar-refractivity contribution is 0.0790. The van der Waals surface area contributed by atoms with Crippen molar-refractivity contribution in [3.63, 3.8) is 0 Å². The summed E-state index contributed by atoms with van der Waals surface area (Å²) in [6.07, 6.45) is 0.950. The predicted molar refractivity (Wildman–Crippen MR) is 90.7 cm³/mol. The number of hydrogen-bond acceptors (Lipinski definition) is 2. The predicted octanol–water partition coefficient (Wildman–Crippen LogP) is 4.36. The van der Waals surface area contributed by atoms with E-state index in [4.69, 9.17) is 0 Å². The van der Waals surface area contributed by atoms with E-state index in [1.165, 1.54) is 0 Å². The standard InChI is InChI=1S/C20H22O2/c1-20(2,3)19(22)17(14-15-10-6-4-7-11-15)18(21)16-12-8-5-9-13-16/h4-14,19,22H,1-3H3/b17-14+. The highest BCUT2D eigenvalue weighted by atomic mass is 16.3. The zero-order valence-corrected chi connectivity index (χ0v) is 13.3. The van der Waals surface area contributed by atoms with E-state index in [0.717, 1.165) is 5.56 Å². The van der Waals surface area contributed by atoms with Gasteiger partial charge in [-0.15, -0.1) is 0 Å². The Morgan fingerprint density at radius 1 is 0.955 bits per heavy atom. The van der Waals surface area contributed by atoms with Gasteiger partial charge in [0.2, 0.25) is 0 Å². The Balaban J connectivity index is 2.47. The van der Waals surface area contributed by atoms with Crippen LogP contribution in [0.1, 0.15) is 36.7 Å². The van der Waals surface area contributed by atoms with Crippen LogP contribution in [0.3, 0.4) is 0 Å². The highest BCUT2D eigenvalue weighted by Gasteiger charge is 2.30. The molecule has 0 bridgehead atoms. The summed E-state index contributed by atoms with van der Waals surface area (Å²) in [6, 6.07) is 18.7. The molecule has 22 heavy (non-hydrogen) atoms. The van der Waals surface area contributed by atoms with Crippen molar-refractivity contribution in [2.45, 2.75) is 26.9 Å². The van der Waals surface area contributed by atoms with Gasteiger partial charge < -0.3 is 5.11 Å². The highest BCUT2D eigenvalue weighted by molar-refractivity contribution is 6.12. The molecule has 2 heteroatoms. The lowest BCUT2D eigenvalue weighted by Crippen LogP contribution is -2.31. The number of hydrogen-bond donors (Lipinski definition) is 1. The van der Waals surface area contributed by atoms with Crippen molar-refractivity contribution in [3.8, 4) is 0 Å². The molecule has 0 saturated heterocycles. The number of aliphatic hydroxyl groups is 1. The molecular formula is C20H22O2. The van der Waals surface area contributed by atoms with Crippen LogP contribution >= 0.6 is 0 Å². The van der Waals surface area contributed by atoms with Crippen molar-refractivity contribution < 1.29 is 9.90 Å². The normalized spacial score (nSPS) is 13.7. The summed E-state index contributed by atoms with van der Waals surface area (Å²) in [5.74, 6) is -0.133. The molecule has 1 unspecified atom stereocenters. The monoisotopic (exact) mass is 294 g/mol. The second-order valence-electron chi connectivity index (χ2n) is 6.47. The Kier molecular flexibility index (Phi) is 4.94. The maximum atomic E-state index is 12.8. The minimum Gasteiger partial charge on any atom is -0.388 e. The number of rotatable bonds is 4. The Hall–Kier alpha value is -2.19. The Bertz CT molecular complexity index is 649. The topological polar surface area (TPSA) is 37.3 Å². The molecule has 1 N–H and O–H groups in total. The first-order chi connectivity index (χ1) is 10.4. The quantitative estimate of drug-likeness (QED) is 0.672. The molecule has 2 rings (SSSR count). The van der Waals surface area contributed by atoms with Gasteiger partial charge in [-0.05, 0) is 17.1 Å². The molecule has 2 aromatic rings. The van der Waals surface area contributed by atoms with Gasteiger partial charge in [0.05, 0.1) is 6.10 Å². The third-order valence-electron chi connectivity index (χ3n) is 3.53. The zero-order valence-electron chi connectivity index (χ0n) is 13.3. The first-order valence-electron chi connectivity index (χ1n) is 7.44. The smallest absolute Gasteiger partial charge is 0.191 e. The molecule has 1 atom stereocenters. The summed E-state index contributed by atoms with van der Waals surface area (Å²) in [6.45, 7) is 5.78. The van der Waals surface area contributed by atoms with Gasteiger partial charge in [-0.3, -0.25) is 4.79 Å². The SMILES string of the molecule is CC(C)(C)C(O)/C(=C/c1ccccc1)C(=O)c1ccccc1. The van der Waals surface area contributed by atoms with Crippen LogP contribution in [0.2, 0.25) is 0 Å². The van der Waals surface area contributed by atoms with E-state index in [2.05, 4.69) is 0 Å². The molecule has 0 radical (unpaired) electrons. The second kappa shape index (κ2) is 6.71. The van der Waals surface area contributed by atoms with Crippen LogP contribution in [0, 0.1) is 5.41 Å². The maximum Gasteiger partial charge on any atom is 0.191 e. The van der Waals surface area contributed by atoms with Crippen LogP contribution in [0.15, 0.2) is 66.2 Å². The average Bonchev–Trinajstić information content (AvgIpc) is 2.52. The van der Waals surface area contributed by atoms with Gasteiger partial charge in [0.1, 0.15) is 0 Å². The average molecular weight is 294 g/mol. The van der Waals surface area contributed by atoms with Crippen LogP contribution in [0.25, 0.3) is 6.08 Å². The summed E-state index contributed by atoms with van der Waals surface area (Å²) in [4.78, 5) is 12.8. The molecule has 0 aliphatic heterocycles. The third-order valence-corrected chi connectivity index (χ3v) is 3.53. The Morgan fingerprint density at radius 2 is 1.45 bits per heavy atom. The summed E-state index contributed by atoms with van der Waals surface area (Å²) in [5, 5.41) is 10.6. The maximum absolute atomic E-state index is 12.8. The number of carbonyl (C=O) groups is 1. The molecular weight excluding hydrogens is 272 g/mol. The molecule has 0 spiro atoms. The molecule has 0 heterocycles. The van der Waals surface area contributed by atoms with Gasteiger partial charge in [-0.25, -0.2) is 0 Å². The second-order valence-corrected chi connectivity index (χ2v) is 6.47. The largest absolute Gasteiger partial charge is 0.388 e. The van der Waals surface area contributed by atoms with Gasteiger partial charge in [0.25, 0.3) is 0 Å². The number of Topliss-reactive ketones (excluding diaryl/α,β-unsaturated/α-hetero) is 1. The molecule has 0 aliphatic carbocycles. The van der Waals surface area contributed by atoms with Crippen LogP contribution in [-0.2, 0) is 0 Å². The van der Waals surface area contributed by atoms with Crippen molar-refractivity contribution in [2.24, 2.45) is 5.41 Å². The van der Waals surface area contributed by atoms with E-state index < -0.39 is 11.5 Å². The van der Waals surface area contributed by atoms with Gasteiger partial charge in [-0.2, -0.15) is 0 Å². The fraction of sp³-hybridized carbons (Fsp3) is 0.250. The summed E-state index contributed by atoms with van der Waals surface area (Å²) >= 11 is 0. The van der Waals surface area contributed by atoms with Crippen LogP contribution in [0.4, 0.5) is 0 Å². The third kappa shape index (κ3) is 3.92. The Morgan fingerprint density at radius 3 is 1.95 bits per heavy atom. The van der Waals surface area contributed by atoms with Gasteiger partial charge in [-0.1, -0.05) is 81.4 Å². The summed E-state index contributed by atoms with van der Waals surface area (Å²) in [7, 11) is 0. The van der Waals surface area contributed by atoms with E-state index >= 15 is 0 Å². The van der Waals surface area contributed by atoms with Crippen molar-refractivity contribution in [2.75, 3.05) is 0 Å². The van der Waals surface area contributed by atoms with Gasteiger partial charge >= 0.3 is 0 Å². The minimum absolute atomic E-state index is 0.133. The Labute approximate surface area is 132 Å². The first kappa shape index (κ1) is 16.2. The van der Waals surface area contributed by atoms with Crippen LogP contribution < -0.4 is 0 Å². The van der Waals surface area contributed by atoms with E-state index in [1.54, 1.807) is 18.2 Å². The molecule has 2 nitrogen and oxygen atoms in total. The van der Waals surface area contributed by atoms with Crippen molar-refractivity contribution >= 4 is 11.9 Å². The highest BCUT2D eigenvalue weighted by Crippen LogP contribution is 2.28. The van der Waals surface area contributed by atoms with Crippen molar-refractivity contribution in [1.82, 2.24) is 0 Å². The molecule has 0 saturated carbocycles. The molecule has 0 aliphatic rings. The fourth-order valence-corrected chi connectivity index (χ4v) is 2.22. The van der Waals surface area contributed by atoms with E-state index in [0.29, 0.717) is 11.1 Å². The van der Waals surface area contributed by atoms with Crippen LogP contribution in [-0.4, -0.2) is 17.0 Å². The first-order valence-corrected chi connectivity index (χ1v) is 7.44. The fourth-order valence-electron chi connectivity index (χ4n) is 2.22. The molecule has 0 fully saturated rings. The lowest BCUT2D eigenvalue weighted by Gasteiger charge is -2.27. The van der Waals surface area contributed by atoms with Gasteiger partial charge in [0, 0.05) is 11.1 Å². The van der Waals surface area contributed by atoms with E-state index in [9.17, 15) is 9.90 Å². The van der Waals surface area contributed by atoms with E-state index in [1.807, 2.05) is 69.3 Å². The molecule has 0 amide bonds. The zero-order chi connectivity index (χ0) is 16.2. The lowest BCUT2D eigenvalue weighted by atomic mass is 9.81. The minimum atomic E-state index is -0.833.